The van der Waals surface area contributed by atoms with Crippen LogP contribution in [0.1, 0.15) is 33.5 Å². The molecule has 0 aliphatic rings. The van der Waals surface area contributed by atoms with E-state index in [0.29, 0.717) is 12.2 Å². The van der Waals surface area contributed by atoms with E-state index in [9.17, 15) is 9.90 Å². The van der Waals surface area contributed by atoms with E-state index in [4.69, 9.17) is 4.42 Å². The van der Waals surface area contributed by atoms with E-state index < -0.39 is 5.60 Å². The van der Waals surface area contributed by atoms with Gasteiger partial charge in [-0.2, -0.15) is 0 Å². The van der Waals surface area contributed by atoms with Crippen molar-refractivity contribution in [3.63, 3.8) is 0 Å². The smallest absolute Gasteiger partial charge is 0.315 e. The van der Waals surface area contributed by atoms with Crippen LogP contribution < -0.4 is 10.6 Å². The van der Waals surface area contributed by atoms with Gasteiger partial charge >= 0.3 is 6.03 Å². The lowest BCUT2D eigenvalue weighted by Crippen LogP contribution is -2.50. The maximum atomic E-state index is 11.6. The van der Waals surface area contributed by atoms with Gasteiger partial charge in [0.2, 0.25) is 0 Å². The number of carbonyl (C=O) groups excluding carboxylic acids is 1. The Kier molecular flexibility index (Phi) is 4.40. The fourth-order valence-electron chi connectivity index (χ4n) is 1.51. The Hall–Kier alpha value is -1.49. The SMILES string of the molecule is CC(O)(CNC(=O)NC(C)(C)C)Cc1ccco1. The average molecular weight is 254 g/mol. The first kappa shape index (κ1) is 14.6. The van der Waals surface area contributed by atoms with E-state index in [1.54, 1.807) is 25.3 Å². The topological polar surface area (TPSA) is 74.5 Å². The fraction of sp³-hybridized carbons (Fsp3) is 0.615. The van der Waals surface area contributed by atoms with E-state index >= 15 is 0 Å². The fourth-order valence-corrected chi connectivity index (χ4v) is 1.51. The minimum absolute atomic E-state index is 0.162. The molecule has 0 saturated carbocycles. The first-order valence-electron chi connectivity index (χ1n) is 5.99. The molecular weight excluding hydrogens is 232 g/mol. The summed E-state index contributed by atoms with van der Waals surface area (Å²) in [6.45, 7) is 7.51. The molecule has 1 atom stereocenters. The van der Waals surface area contributed by atoms with Gasteiger partial charge in [-0.05, 0) is 39.8 Å². The maximum Gasteiger partial charge on any atom is 0.315 e. The second-order valence-electron chi connectivity index (χ2n) is 5.81. The van der Waals surface area contributed by atoms with Crippen molar-refractivity contribution in [2.45, 2.75) is 45.3 Å². The Labute approximate surface area is 108 Å². The molecule has 1 unspecified atom stereocenters. The number of carbonyl (C=O) groups is 1. The molecule has 0 fully saturated rings. The van der Waals surface area contributed by atoms with Crippen molar-refractivity contribution in [2.24, 2.45) is 0 Å². The molecule has 1 aromatic rings. The van der Waals surface area contributed by atoms with E-state index in [-0.39, 0.29) is 18.1 Å². The molecule has 18 heavy (non-hydrogen) atoms. The van der Waals surface area contributed by atoms with Gasteiger partial charge in [-0.15, -0.1) is 0 Å². The molecule has 0 aliphatic heterocycles. The van der Waals surface area contributed by atoms with Crippen LogP contribution in [0.15, 0.2) is 22.8 Å². The summed E-state index contributed by atoms with van der Waals surface area (Å²) in [7, 11) is 0. The molecule has 1 rings (SSSR count). The number of hydrogen-bond donors (Lipinski definition) is 3. The average Bonchev–Trinajstić information content (AvgIpc) is 2.64. The molecule has 3 N–H and O–H groups in total. The number of furan rings is 1. The van der Waals surface area contributed by atoms with Gasteiger partial charge in [0, 0.05) is 18.5 Å². The van der Waals surface area contributed by atoms with Gasteiger partial charge in [-0.3, -0.25) is 0 Å². The van der Waals surface area contributed by atoms with Crippen LogP contribution in [0.5, 0.6) is 0 Å². The highest BCUT2D eigenvalue weighted by Crippen LogP contribution is 2.12. The van der Waals surface area contributed by atoms with Gasteiger partial charge in [0.15, 0.2) is 0 Å². The Morgan fingerprint density at radius 2 is 2.06 bits per heavy atom. The standard InChI is InChI=1S/C13H22N2O3/c1-12(2,3)15-11(16)14-9-13(4,17)8-10-6-5-7-18-10/h5-7,17H,8-9H2,1-4H3,(H2,14,15,16). The number of aliphatic hydroxyl groups is 1. The monoisotopic (exact) mass is 254 g/mol. The number of hydrogen-bond acceptors (Lipinski definition) is 3. The summed E-state index contributed by atoms with van der Waals surface area (Å²) in [4.78, 5) is 11.6. The summed E-state index contributed by atoms with van der Waals surface area (Å²) in [5, 5.41) is 15.5. The minimum atomic E-state index is -1.03. The molecule has 1 aromatic heterocycles. The van der Waals surface area contributed by atoms with Crippen molar-refractivity contribution in [1.82, 2.24) is 10.6 Å². The third kappa shape index (κ3) is 5.72. The van der Waals surface area contributed by atoms with Crippen LogP contribution in [0.2, 0.25) is 0 Å². The molecule has 0 bridgehead atoms. The summed E-state index contributed by atoms with van der Waals surface area (Å²) < 4.78 is 5.17. The van der Waals surface area contributed by atoms with Crippen LogP contribution in [0, 0.1) is 0 Å². The molecule has 0 spiro atoms. The normalized spacial score (nSPS) is 14.9. The van der Waals surface area contributed by atoms with Crippen LogP contribution >= 0.6 is 0 Å². The third-order valence-electron chi connectivity index (χ3n) is 2.25. The number of amides is 2. The second kappa shape index (κ2) is 5.44. The first-order valence-corrected chi connectivity index (χ1v) is 5.99. The molecule has 2 amide bonds. The molecule has 0 aliphatic carbocycles. The number of nitrogens with one attached hydrogen (secondary N) is 2. The van der Waals surface area contributed by atoms with Gasteiger partial charge in [0.05, 0.1) is 11.9 Å². The quantitative estimate of drug-likeness (QED) is 0.765. The molecule has 0 radical (unpaired) electrons. The molecule has 102 valence electrons. The van der Waals surface area contributed by atoms with E-state index in [2.05, 4.69) is 10.6 Å². The minimum Gasteiger partial charge on any atom is -0.469 e. The summed E-state index contributed by atoms with van der Waals surface area (Å²) in [5.41, 5.74) is -1.33. The highest BCUT2D eigenvalue weighted by molar-refractivity contribution is 5.74. The molecule has 5 nitrogen and oxygen atoms in total. The van der Waals surface area contributed by atoms with Crippen molar-refractivity contribution in [2.75, 3.05) is 6.54 Å². The zero-order chi connectivity index (χ0) is 13.8. The lowest BCUT2D eigenvalue weighted by Gasteiger charge is -2.25. The van der Waals surface area contributed by atoms with Crippen LogP contribution in [0.3, 0.4) is 0 Å². The van der Waals surface area contributed by atoms with Gasteiger partial charge in [-0.25, -0.2) is 4.79 Å². The lowest BCUT2D eigenvalue weighted by molar-refractivity contribution is 0.0569. The lowest BCUT2D eigenvalue weighted by atomic mass is 10.0. The summed E-state index contributed by atoms with van der Waals surface area (Å²) >= 11 is 0. The van der Waals surface area contributed by atoms with Crippen molar-refractivity contribution >= 4 is 6.03 Å². The molecular formula is C13H22N2O3. The largest absolute Gasteiger partial charge is 0.469 e. The zero-order valence-electron chi connectivity index (χ0n) is 11.4. The second-order valence-corrected chi connectivity index (χ2v) is 5.81. The van der Waals surface area contributed by atoms with E-state index in [1.807, 2.05) is 20.8 Å². The number of urea groups is 1. The van der Waals surface area contributed by atoms with E-state index in [1.165, 1.54) is 0 Å². The third-order valence-corrected chi connectivity index (χ3v) is 2.25. The highest BCUT2D eigenvalue weighted by atomic mass is 16.3. The van der Waals surface area contributed by atoms with Gasteiger partial charge in [0.1, 0.15) is 5.76 Å². The maximum absolute atomic E-state index is 11.6. The number of rotatable bonds is 4. The Morgan fingerprint density at radius 3 is 2.56 bits per heavy atom. The van der Waals surface area contributed by atoms with Crippen LogP contribution in [-0.4, -0.2) is 28.8 Å². The molecule has 0 aromatic carbocycles. The molecule has 1 heterocycles. The van der Waals surface area contributed by atoms with Crippen LogP contribution in [0.4, 0.5) is 4.79 Å². The zero-order valence-corrected chi connectivity index (χ0v) is 11.4. The van der Waals surface area contributed by atoms with Crippen LogP contribution in [0.25, 0.3) is 0 Å². The Bertz CT molecular complexity index is 377. The summed E-state index contributed by atoms with van der Waals surface area (Å²) in [5.74, 6) is 0.693. The highest BCUT2D eigenvalue weighted by Gasteiger charge is 2.24. The molecule has 0 saturated heterocycles. The van der Waals surface area contributed by atoms with Gasteiger partial charge in [-0.1, -0.05) is 0 Å². The summed E-state index contributed by atoms with van der Waals surface area (Å²) in [6.07, 6.45) is 1.92. The predicted molar refractivity (Wildman–Crippen MR) is 69.3 cm³/mol. The van der Waals surface area contributed by atoms with Gasteiger partial charge in [0.25, 0.3) is 0 Å². The van der Waals surface area contributed by atoms with Crippen molar-refractivity contribution in [1.29, 1.82) is 0 Å². The van der Waals surface area contributed by atoms with Crippen molar-refractivity contribution in [3.8, 4) is 0 Å². The predicted octanol–water partition coefficient (Wildman–Crippen LogP) is 1.67. The Balaban J connectivity index is 2.39. The Morgan fingerprint density at radius 1 is 1.39 bits per heavy atom. The van der Waals surface area contributed by atoms with Crippen LogP contribution in [-0.2, 0) is 6.42 Å². The van der Waals surface area contributed by atoms with Crippen molar-refractivity contribution < 1.29 is 14.3 Å². The first-order chi connectivity index (χ1) is 8.18. The molecule has 5 heteroatoms. The van der Waals surface area contributed by atoms with E-state index in [0.717, 1.165) is 0 Å². The summed E-state index contributed by atoms with van der Waals surface area (Å²) in [6, 6.07) is 3.27. The van der Waals surface area contributed by atoms with Crippen molar-refractivity contribution in [3.05, 3.63) is 24.2 Å². The van der Waals surface area contributed by atoms with Gasteiger partial charge < -0.3 is 20.2 Å².